The highest BCUT2D eigenvalue weighted by Gasteiger charge is 2.07. The molecule has 0 aliphatic carbocycles. The lowest BCUT2D eigenvalue weighted by atomic mass is 10.3. The van der Waals surface area contributed by atoms with E-state index in [9.17, 15) is 4.79 Å². The first-order chi connectivity index (χ1) is 7.19. The van der Waals surface area contributed by atoms with Crippen molar-refractivity contribution in [1.29, 1.82) is 0 Å². The number of amides is 1. The molecule has 0 fully saturated rings. The van der Waals surface area contributed by atoms with Gasteiger partial charge in [0.2, 0.25) is 0 Å². The Labute approximate surface area is 89.5 Å². The zero-order valence-corrected chi connectivity index (χ0v) is 9.32. The van der Waals surface area contributed by atoms with Gasteiger partial charge in [0.15, 0.2) is 11.5 Å². The summed E-state index contributed by atoms with van der Waals surface area (Å²) in [5.74, 6) is 0.566. The maximum Gasteiger partial charge on any atom is 0.271 e. The van der Waals surface area contributed by atoms with Crippen LogP contribution in [0.25, 0.3) is 0 Å². The molecule has 1 amide bonds. The molecular formula is C10H16N4O. The fraction of sp³-hybridized carbons (Fsp3) is 0.500. The zero-order chi connectivity index (χ0) is 11.3. The van der Waals surface area contributed by atoms with Crippen molar-refractivity contribution in [3.8, 4) is 0 Å². The smallest absolute Gasteiger partial charge is 0.271 e. The first kappa shape index (κ1) is 11.4. The van der Waals surface area contributed by atoms with Gasteiger partial charge >= 0.3 is 0 Å². The summed E-state index contributed by atoms with van der Waals surface area (Å²) in [4.78, 5) is 13.2. The lowest BCUT2D eigenvalue weighted by Gasteiger charge is -2.15. The van der Waals surface area contributed by atoms with Gasteiger partial charge in [0.25, 0.3) is 5.91 Å². The van der Waals surface area contributed by atoms with Crippen molar-refractivity contribution >= 4 is 11.7 Å². The predicted octanol–water partition coefficient (Wildman–Crippen LogP) is 0.682. The van der Waals surface area contributed by atoms with Crippen LogP contribution in [0.1, 0.15) is 23.8 Å². The van der Waals surface area contributed by atoms with Crippen molar-refractivity contribution in [1.82, 2.24) is 15.5 Å². The molecule has 82 valence electrons. The first-order valence-corrected chi connectivity index (χ1v) is 4.96. The Hall–Kier alpha value is -1.65. The second kappa shape index (κ2) is 5.29. The molecule has 1 heterocycles. The summed E-state index contributed by atoms with van der Waals surface area (Å²) in [6, 6.07) is 3.47. The number of carbonyl (C=O) groups excluding carboxylic acids is 1. The van der Waals surface area contributed by atoms with Crippen LogP contribution in [-0.4, -0.2) is 36.7 Å². The van der Waals surface area contributed by atoms with E-state index in [-0.39, 0.29) is 5.91 Å². The molecule has 5 heteroatoms. The summed E-state index contributed by atoms with van der Waals surface area (Å²) in [6.07, 6.45) is 1.05. The highest BCUT2D eigenvalue weighted by molar-refractivity contribution is 5.91. The lowest BCUT2D eigenvalue weighted by molar-refractivity contribution is 0.0957. The molecule has 1 aromatic rings. The molecule has 1 rings (SSSR count). The molecule has 15 heavy (non-hydrogen) atoms. The van der Waals surface area contributed by atoms with Crippen LogP contribution < -0.4 is 10.2 Å². The molecule has 0 saturated carbocycles. The highest BCUT2D eigenvalue weighted by Crippen LogP contribution is 2.07. The molecule has 0 aliphatic heterocycles. The van der Waals surface area contributed by atoms with E-state index >= 15 is 0 Å². The maximum absolute atomic E-state index is 11.2. The van der Waals surface area contributed by atoms with Crippen molar-refractivity contribution < 1.29 is 4.79 Å². The Balaban J connectivity index is 2.76. The van der Waals surface area contributed by atoms with Crippen molar-refractivity contribution in [2.24, 2.45) is 0 Å². The summed E-state index contributed by atoms with van der Waals surface area (Å²) in [7, 11) is 3.52. The van der Waals surface area contributed by atoms with Crippen LogP contribution in [0.5, 0.6) is 0 Å². The van der Waals surface area contributed by atoms with Gasteiger partial charge in [0, 0.05) is 20.6 Å². The monoisotopic (exact) mass is 208 g/mol. The predicted molar refractivity (Wildman–Crippen MR) is 59.0 cm³/mol. The van der Waals surface area contributed by atoms with E-state index in [1.807, 2.05) is 11.9 Å². The van der Waals surface area contributed by atoms with Crippen molar-refractivity contribution in [2.75, 3.05) is 25.5 Å². The summed E-state index contributed by atoms with van der Waals surface area (Å²) < 4.78 is 0. The number of aromatic nitrogens is 2. The molecular weight excluding hydrogens is 192 g/mol. The molecule has 0 unspecified atom stereocenters. The number of carbonyl (C=O) groups is 1. The van der Waals surface area contributed by atoms with Gasteiger partial charge in [-0.2, -0.15) is 0 Å². The lowest BCUT2D eigenvalue weighted by Crippen LogP contribution is -2.22. The summed E-state index contributed by atoms with van der Waals surface area (Å²) in [5.41, 5.74) is 0.339. The van der Waals surface area contributed by atoms with Gasteiger partial charge in [0.05, 0.1) is 0 Å². The van der Waals surface area contributed by atoms with E-state index in [0.29, 0.717) is 5.69 Å². The van der Waals surface area contributed by atoms with Gasteiger partial charge in [-0.15, -0.1) is 10.2 Å². The molecule has 5 nitrogen and oxygen atoms in total. The number of anilines is 1. The average molecular weight is 208 g/mol. The number of rotatable bonds is 4. The summed E-state index contributed by atoms with van der Waals surface area (Å²) in [6.45, 7) is 3.02. The molecule has 0 saturated heterocycles. The van der Waals surface area contributed by atoms with Crippen LogP contribution in [0.2, 0.25) is 0 Å². The van der Waals surface area contributed by atoms with Gasteiger partial charge in [-0.05, 0) is 18.6 Å². The molecule has 1 aromatic heterocycles. The van der Waals surface area contributed by atoms with Gasteiger partial charge in [0.1, 0.15) is 0 Å². The largest absolute Gasteiger partial charge is 0.358 e. The molecule has 0 atom stereocenters. The SMILES string of the molecule is CCCN(C)c1ccc(C(=O)NC)nn1. The Bertz CT molecular complexity index is 323. The number of nitrogens with one attached hydrogen (secondary N) is 1. The van der Waals surface area contributed by atoms with Gasteiger partial charge in [-0.1, -0.05) is 6.92 Å². The van der Waals surface area contributed by atoms with E-state index in [1.54, 1.807) is 19.2 Å². The third-order valence-corrected chi connectivity index (χ3v) is 2.06. The van der Waals surface area contributed by atoms with Gasteiger partial charge in [-0.3, -0.25) is 4.79 Å². The van der Waals surface area contributed by atoms with Gasteiger partial charge < -0.3 is 10.2 Å². The van der Waals surface area contributed by atoms with Crippen LogP contribution in [0.3, 0.4) is 0 Å². The highest BCUT2D eigenvalue weighted by atomic mass is 16.1. The molecule has 0 radical (unpaired) electrons. The Morgan fingerprint density at radius 1 is 1.47 bits per heavy atom. The van der Waals surface area contributed by atoms with Crippen LogP contribution in [0.4, 0.5) is 5.82 Å². The van der Waals surface area contributed by atoms with Crippen LogP contribution in [0, 0.1) is 0 Å². The third kappa shape index (κ3) is 2.90. The van der Waals surface area contributed by atoms with Crippen molar-refractivity contribution in [3.05, 3.63) is 17.8 Å². The Morgan fingerprint density at radius 2 is 2.20 bits per heavy atom. The number of nitrogens with zero attached hydrogens (tertiary/aromatic N) is 3. The zero-order valence-electron chi connectivity index (χ0n) is 9.32. The average Bonchev–Trinajstić information content (AvgIpc) is 2.28. The quantitative estimate of drug-likeness (QED) is 0.790. The molecule has 0 aromatic carbocycles. The Morgan fingerprint density at radius 3 is 2.67 bits per heavy atom. The number of hydrogen-bond donors (Lipinski definition) is 1. The van der Waals surface area contributed by atoms with Crippen LogP contribution in [-0.2, 0) is 0 Å². The van der Waals surface area contributed by atoms with E-state index in [2.05, 4.69) is 22.4 Å². The fourth-order valence-corrected chi connectivity index (χ4v) is 1.23. The van der Waals surface area contributed by atoms with Crippen LogP contribution >= 0.6 is 0 Å². The van der Waals surface area contributed by atoms with E-state index in [4.69, 9.17) is 0 Å². The molecule has 0 aliphatic rings. The fourth-order valence-electron chi connectivity index (χ4n) is 1.23. The molecule has 0 bridgehead atoms. The van der Waals surface area contributed by atoms with Gasteiger partial charge in [-0.25, -0.2) is 0 Å². The van der Waals surface area contributed by atoms with Crippen molar-refractivity contribution in [2.45, 2.75) is 13.3 Å². The minimum Gasteiger partial charge on any atom is -0.358 e. The summed E-state index contributed by atoms with van der Waals surface area (Å²) in [5, 5.41) is 10.3. The van der Waals surface area contributed by atoms with E-state index < -0.39 is 0 Å². The van der Waals surface area contributed by atoms with Crippen molar-refractivity contribution in [3.63, 3.8) is 0 Å². The summed E-state index contributed by atoms with van der Waals surface area (Å²) >= 11 is 0. The molecule has 1 N–H and O–H groups in total. The first-order valence-electron chi connectivity index (χ1n) is 4.96. The normalized spacial score (nSPS) is 9.80. The number of hydrogen-bond acceptors (Lipinski definition) is 4. The van der Waals surface area contributed by atoms with E-state index in [0.717, 1.165) is 18.8 Å². The van der Waals surface area contributed by atoms with Crippen LogP contribution in [0.15, 0.2) is 12.1 Å². The maximum atomic E-state index is 11.2. The van der Waals surface area contributed by atoms with E-state index in [1.165, 1.54) is 0 Å². The minimum atomic E-state index is -0.216. The topological polar surface area (TPSA) is 58.1 Å². The third-order valence-electron chi connectivity index (χ3n) is 2.06. The standard InChI is InChI=1S/C10H16N4O/c1-4-7-14(3)9-6-5-8(12-13-9)10(15)11-2/h5-6H,4,7H2,1-3H3,(H,11,15). The Kier molecular flexibility index (Phi) is 4.03. The second-order valence-corrected chi connectivity index (χ2v) is 3.28. The second-order valence-electron chi connectivity index (χ2n) is 3.28. The minimum absolute atomic E-state index is 0.216. The molecule has 0 spiro atoms.